The maximum atomic E-state index is 6.23. The fourth-order valence-corrected chi connectivity index (χ4v) is 3.71. The smallest absolute Gasteiger partial charge is 0.0331 e. The molecule has 0 saturated carbocycles. The van der Waals surface area contributed by atoms with Crippen LogP contribution >= 0.6 is 0 Å². The predicted octanol–water partition coefficient (Wildman–Crippen LogP) is 2.95. The zero-order chi connectivity index (χ0) is 15.2. The van der Waals surface area contributed by atoms with Crippen molar-refractivity contribution in [3.8, 4) is 0 Å². The second-order valence-corrected chi connectivity index (χ2v) is 6.78. The van der Waals surface area contributed by atoms with E-state index in [-0.39, 0.29) is 5.54 Å². The van der Waals surface area contributed by atoms with Gasteiger partial charge in [-0.1, -0.05) is 34.1 Å². The largest absolute Gasteiger partial charge is 0.329 e. The molecule has 1 rings (SSSR count). The zero-order valence-electron chi connectivity index (χ0n) is 14.5. The minimum Gasteiger partial charge on any atom is -0.329 e. The summed E-state index contributed by atoms with van der Waals surface area (Å²) in [4.78, 5) is 5.21. The summed E-state index contributed by atoms with van der Waals surface area (Å²) in [5, 5.41) is 0. The van der Waals surface area contributed by atoms with Crippen molar-refractivity contribution < 1.29 is 0 Å². The lowest BCUT2D eigenvalue weighted by Gasteiger charge is -2.48. The summed E-state index contributed by atoms with van der Waals surface area (Å²) >= 11 is 0. The van der Waals surface area contributed by atoms with Crippen LogP contribution in [0.3, 0.4) is 0 Å². The fourth-order valence-electron chi connectivity index (χ4n) is 3.71. The standard InChI is InChI=1S/C17H37N3/c1-6-15(4)13-17(7-2,14-18)19(5)16-9-11-20(8-3)12-10-16/h15-16H,6-14,18H2,1-5H3. The zero-order valence-corrected chi connectivity index (χ0v) is 14.5. The molecule has 0 aromatic heterocycles. The maximum absolute atomic E-state index is 6.23. The Hall–Kier alpha value is -0.120. The monoisotopic (exact) mass is 283 g/mol. The number of likely N-dealkylation sites (N-methyl/N-ethyl adjacent to an activating group) is 1. The highest BCUT2D eigenvalue weighted by Crippen LogP contribution is 2.31. The van der Waals surface area contributed by atoms with E-state index in [0.29, 0.717) is 6.04 Å². The third kappa shape index (κ3) is 4.19. The normalized spacial score (nSPS) is 22.9. The topological polar surface area (TPSA) is 32.5 Å². The van der Waals surface area contributed by atoms with Gasteiger partial charge in [-0.05, 0) is 58.3 Å². The number of hydrogen-bond donors (Lipinski definition) is 1. The van der Waals surface area contributed by atoms with Crippen LogP contribution in [0.1, 0.15) is 59.8 Å². The highest BCUT2D eigenvalue weighted by atomic mass is 15.2. The molecular weight excluding hydrogens is 246 g/mol. The van der Waals surface area contributed by atoms with Crippen LogP contribution in [0.25, 0.3) is 0 Å². The molecule has 2 unspecified atom stereocenters. The third-order valence-corrected chi connectivity index (χ3v) is 5.76. The van der Waals surface area contributed by atoms with Gasteiger partial charge in [-0.3, -0.25) is 4.90 Å². The van der Waals surface area contributed by atoms with Crippen molar-refractivity contribution >= 4 is 0 Å². The van der Waals surface area contributed by atoms with Crippen LogP contribution < -0.4 is 5.73 Å². The van der Waals surface area contributed by atoms with E-state index in [1.54, 1.807) is 0 Å². The SMILES string of the molecule is CCC(C)CC(CC)(CN)N(C)C1CCN(CC)CC1. The van der Waals surface area contributed by atoms with Crippen LogP contribution in [-0.2, 0) is 0 Å². The first-order valence-electron chi connectivity index (χ1n) is 8.68. The molecule has 1 aliphatic heterocycles. The fraction of sp³-hybridized carbons (Fsp3) is 1.00. The van der Waals surface area contributed by atoms with E-state index in [1.165, 1.54) is 51.7 Å². The molecule has 0 amide bonds. The number of nitrogens with zero attached hydrogens (tertiary/aromatic N) is 2. The Balaban J connectivity index is 2.70. The third-order valence-electron chi connectivity index (χ3n) is 5.76. The Morgan fingerprint density at radius 2 is 1.85 bits per heavy atom. The predicted molar refractivity (Wildman–Crippen MR) is 89.0 cm³/mol. The highest BCUT2D eigenvalue weighted by Gasteiger charge is 2.37. The second-order valence-electron chi connectivity index (χ2n) is 6.78. The van der Waals surface area contributed by atoms with E-state index in [4.69, 9.17) is 5.73 Å². The van der Waals surface area contributed by atoms with Crippen molar-refractivity contribution in [1.82, 2.24) is 9.80 Å². The average molecular weight is 284 g/mol. The van der Waals surface area contributed by atoms with E-state index in [0.717, 1.165) is 12.5 Å². The Bertz CT molecular complexity index is 255. The number of rotatable bonds is 8. The Morgan fingerprint density at radius 3 is 2.25 bits per heavy atom. The summed E-state index contributed by atoms with van der Waals surface area (Å²) in [5.41, 5.74) is 6.43. The lowest BCUT2D eigenvalue weighted by atomic mass is 9.81. The molecule has 20 heavy (non-hydrogen) atoms. The number of hydrogen-bond acceptors (Lipinski definition) is 3. The van der Waals surface area contributed by atoms with Crippen LogP contribution in [0.5, 0.6) is 0 Å². The van der Waals surface area contributed by atoms with E-state index >= 15 is 0 Å². The van der Waals surface area contributed by atoms with E-state index in [2.05, 4.69) is 44.5 Å². The van der Waals surface area contributed by atoms with Gasteiger partial charge in [0.05, 0.1) is 0 Å². The van der Waals surface area contributed by atoms with Gasteiger partial charge < -0.3 is 10.6 Å². The maximum Gasteiger partial charge on any atom is 0.0331 e. The van der Waals surface area contributed by atoms with Gasteiger partial charge >= 0.3 is 0 Å². The second kappa shape index (κ2) is 8.35. The van der Waals surface area contributed by atoms with Gasteiger partial charge in [0.15, 0.2) is 0 Å². The summed E-state index contributed by atoms with van der Waals surface area (Å²) in [6.07, 6.45) is 6.25. The molecule has 0 aliphatic carbocycles. The highest BCUT2D eigenvalue weighted by molar-refractivity contribution is 4.94. The van der Waals surface area contributed by atoms with Gasteiger partial charge in [0.1, 0.15) is 0 Å². The van der Waals surface area contributed by atoms with E-state index in [9.17, 15) is 0 Å². The summed E-state index contributed by atoms with van der Waals surface area (Å²) in [6.45, 7) is 13.7. The van der Waals surface area contributed by atoms with Gasteiger partial charge in [-0.25, -0.2) is 0 Å². The van der Waals surface area contributed by atoms with E-state index in [1.807, 2.05) is 0 Å². The molecule has 120 valence electrons. The molecule has 2 atom stereocenters. The molecule has 0 aromatic carbocycles. The molecule has 0 bridgehead atoms. The molecular formula is C17H37N3. The molecule has 2 N–H and O–H groups in total. The first-order chi connectivity index (χ1) is 9.52. The van der Waals surface area contributed by atoms with Gasteiger partial charge in [-0.15, -0.1) is 0 Å². The molecule has 0 aromatic rings. The molecule has 3 nitrogen and oxygen atoms in total. The molecule has 1 aliphatic rings. The molecule has 0 radical (unpaired) electrons. The Morgan fingerprint density at radius 1 is 1.25 bits per heavy atom. The van der Waals surface area contributed by atoms with Crippen molar-refractivity contribution in [2.45, 2.75) is 71.4 Å². The van der Waals surface area contributed by atoms with Crippen LogP contribution in [-0.4, -0.2) is 54.6 Å². The van der Waals surface area contributed by atoms with Gasteiger partial charge in [0.25, 0.3) is 0 Å². The summed E-state index contributed by atoms with van der Waals surface area (Å²) in [5.74, 6) is 0.761. The molecule has 1 fully saturated rings. The van der Waals surface area contributed by atoms with Gasteiger partial charge in [-0.2, -0.15) is 0 Å². The Kier molecular flexibility index (Phi) is 7.49. The Labute approximate surface area is 126 Å². The first kappa shape index (κ1) is 17.9. The average Bonchev–Trinajstić information content (AvgIpc) is 2.51. The van der Waals surface area contributed by atoms with Crippen LogP contribution in [0, 0.1) is 5.92 Å². The van der Waals surface area contributed by atoms with Gasteiger partial charge in [0, 0.05) is 18.1 Å². The van der Waals surface area contributed by atoms with Crippen molar-refractivity contribution in [3.63, 3.8) is 0 Å². The lowest BCUT2D eigenvalue weighted by molar-refractivity contribution is 0.0220. The van der Waals surface area contributed by atoms with Crippen molar-refractivity contribution in [1.29, 1.82) is 0 Å². The minimum absolute atomic E-state index is 0.203. The summed E-state index contributed by atoms with van der Waals surface area (Å²) in [6, 6.07) is 0.713. The first-order valence-corrected chi connectivity index (χ1v) is 8.68. The van der Waals surface area contributed by atoms with Crippen LogP contribution in [0.15, 0.2) is 0 Å². The van der Waals surface area contributed by atoms with Crippen LogP contribution in [0.4, 0.5) is 0 Å². The quantitative estimate of drug-likeness (QED) is 0.743. The van der Waals surface area contributed by atoms with Gasteiger partial charge in [0.2, 0.25) is 0 Å². The lowest BCUT2D eigenvalue weighted by Crippen LogP contribution is -2.58. The minimum atomic E-state index is 0.203. The van der Waals surface area contributed by atoms with Crippen LogP contribution in [0.2, 0.25) is 0 Å². The van der Waals surface area contributed by atoms with Crippen molar-refractivity contribution in [2.24, 2.45) is 11.7 Å². The molecule has 1 saturated heterocycles. The van der Waals surface area contributed by atoms with Crippen molar-refractivity contribution in [3.05, 3.63) is 0 Å². The number of piperidine rings is 1. The molecule has 3 heteroatoms. The van der Waals surface area contributed by atoms with Crippen molar-refractivity contribution in [2.75, 3.05) is 33.2 Å². The number of nitrogens with two attached hydrogens (primary N) is 1. The summed E-state index contributed by atoms with van der Waals surface area (Å²) in [7, 11) is 2.32. The summed E-state index contributed by atoms with van der Waals surface area (Å²) < 4.78 is 0. The molecule has 0 spiro atoms. The molecule has 1 heterocycles. The van der Waals surface area contributed by atoms with E-state index < -0.39 is 0 Å². The number of likely N-dealkylation sites (tertiary alicyclic amines) is 1.